The fraction of sp³-hybridized carbons (Fsp3) is 0.375. The van der Waals surface area contributed by atoms with Crippen molar-refractivity contribution in [3.05, 3.63) is 93.5 Å². The molecule has 10 nitrogen and oxygen atoms in total. The number of rotatable bonds is 9. The molecular formula is C32H36Cl2N4O6S2. The minimum atomic E-state index is -3.54. The monoisotopic (exact) mass is 706 g/mol. The van der Waals surface area contributed by atoms with Crippen LogP contribution in [0.25, 0.3) is 0 Å². The van der Waals surface area contributed by atoms with Gasteiger partial charge in [0.05, 0.1) is 28.9 Å². The molecule has 2 aliphatic rings. The van der Waals surface area contributed by atoms with E-state index < -0.39 is 31.8 Å². The van der Waals surface area contributed by atoms with Gasteiger partial charge in [-0.25, -0.2) is 21.6 Å². The Morgan fingerprint density at radius 3 is 2.00 bits per heavy atom. The summed E-state index contributed by atoms with van der Waals surface area (Å²) in [6.07, 6.45) is 2.34. The van der Waals surface area contributed by atoms with Crippen LogP contribution in [0.4, 0.5) is 4.79 Å². The van der Waals surface area contributed by atoms with Gasteiger partial charge in [-0.15, -0.1) is 0 Å². The largest absolute Gasteiger partial charge is 0.493 e. The predicted molar refractivity (Wildman–Crippen MR) is 181 cm³/mol. The third-order valence-electron chi connectivity index (χ3n) is 8.04. The summed E-state index contributed by atoms with van der Waals surface area (Å²) >= 11 is 12.5. The maximum Gasteiger partial charge on any atom is 0.326 e. The molecule has 1 saturated heterocycles. The number of ether oxygens (including phenoxy) is 1. The Bertz CT molecular complexity index is 1830. The number of carbonyl (C=O) groups excluding carboxylic acids is 1. The van der Waals surface area contributed by atoms with Gasteiger partial charge in [0.15, 0.2) is 9.84 Å². The lowest BCUT2D eigenvalue weighted by Crippen LogP contribution is -2.54. The topological polar surface area (TPSA) is 117 Å². The zero-order valence-electron chi connectivity index (χ0n) is 25.8. The van der Waals surface area contributed by atoms with E-state index in [9.17, 15) is 21.6 Å². The molecule has 1 fully saturated rings. The number of sulfone groups is 2. The number of hydrogen-bond acceptors (Lipinski definition) is 8. The number of halogens is 2. The summed E-state index contributed by atoms with van der Waals surface area (Å²) in [5.41, 5.74) is 2.10. The molecule has 46 heavy (non-hydrogen) atoms. The molecule has 0 radical (unpaired) electrons. The van der Waals surface area contributed by atoms with Crippen molar-refractivity contribution in [3.63, 3.8) is 0 Å². The van der Waals surface area contributed by atoms with Crippen molar-refractivity contribution in [1.29, 1.82) is 0 Å². The van der Waals surface area contributed by atoms with E-state index in [0.717, 1.165) is 17.4 Å². The number of urea groups is 1. The van der Waals surface area contributed by atoms with E-state index in [1.807, 2.05) is 29.2 Å². The number of hydrogen-bond donors (Lipinski definition) is 0. The summed E-state index contributed by atoms with van der Waals surface area (Å²) < 4.78 is 54.3. The number of carbonyl (C=O) groups is 1. The summed E-state index contributed by atoms with van der Waals surface area (Å²) in [7, 11) is -6.66. The number of piperazine rings is 1. The van der Waals surface area contributed by atoms with Gasteiger partial charge < -0.3 is 9.64 Å². The molecule has 3 aromatic carbocycles. The number of benzene rings is 3. The molecule has 14 heteroatoms. The molecule has 0 saturated carbocycles. The molecule has 0 N–H and O–H groups in total. The Morgan fingerprint density at radius 2 is 1.46 bits per heavy atom. The quantitative estimate of drug-likeness (QED) is 0.303. The Hall–Kier alpha value is -3.16. The maximum atomic E-state index is 14.7. The van der Waals surface area contributed by atoms with Gasteiger partial charge in [-0.3, -0.25) is 14.8 Å². The fourth-order valence-corrected chi connectivity index (χ4v) is 7.14. The summed E-state index contributed by atoms with van der Waals surface area (Å²) in [6.45, 7) is 4.26. The Kier molecular flexibility index (Phi) is 10.3. The first kappa shape index (κ1) is 34.2. The van der Waals surface area contributed by atoms with Gasteiger partial charge in [0.1, 0.15) is 27.5 Å². The van der Waals surface area contributed by atoms with Crippen molar-refractivity contribution >= 4 is 54.7 Å². The zero-order chi connectivity index (χ0) is 33.2. The molecule has 5 rings (SSSR count). The molecule has 2 aliphatic heterocycles. The maximum absolute atomic E-state index is 14.7. The number of amidine groups is 1. The molecular weight excluding hydrogens is 671 g/mol. The van der Waals surface area contributed by atoms with E-state index in [0.29, 0.717) is 59.9 Å². The van der Waals surface area contributed by atoms with Crippen molar-refractivity contribution in [2.45, 2.75) is 23.9 Å². The molecule has 3 aromatic rings. The second kappa shape index (κ2) is 13.9. The summed E-state index contributed by atoms with van der Waals surface area (Å²) in [5, 5.41) is 1.11. The van der Waals surface area contributed by atoms with Crippen LogP contribution < -0.4 is 4.74 Å². The molecule has 0 bridgehead atoms. The van der Waals surface area contributed by atoms with Gasteiger partial charge >= 0.3 is 6.03 Å². The standard InChI is InChI=1S/C32H36Cl2N4O6S2/c1-4-44-28-21-26(46(3,42)43)13-14-27(28)31-35-29(22-5-9-24(33)10-6-22)30(23-7-11-25(34)12-8-23)38(31)32(39)37-17-15-36(16-18-37)19-20-45(2,40)41/h5-14,21,29-30H,4,15-20H2,1-3H3. The lowest BCUT2D eigenvalue weighted by atomic mass is 9.93. The lowest BCUT2D eigenvalue weighted by molar-refractivity contribution is 0.122. The van der Waals surface area contributed by atoms with Crippen LogP contribution in [0.5, 0.6) is 5.75 Å². The Balaban J connectivity index is 1.61. The molecule has 2 atom stereocenters. The number of nitrogens with zero attached hydrogens (tertiary/aromatic N) is 4. The predicted octanol–water partition coefficient (Wildman–Crippen LogP) is 5.12. The van der Waals surface area contributed by atoms with E-state index in [4.69, 9.17) is 32.9 Å². The third kappa shape index (κ3) is 7.86. The van der Waals surface area contributed by atoms with E-state index in [-0.39, 0.29) is 23.3 Å². The van der Waals surface area contributed by atoms with Gasteiger partial charge in [0, 0.05) is 55.3 Å². The highest BCUT2D eigenvalue weighted by atomic mass is 35.5. The average molecular weight is 708 g/mol. The van der Waals surface area contributed by atoms with Crippen molar-refractivity contribution in [3.8, 4) is 5.75 Å². The molecule has 246 valence electrons. The summed E-state index contributed by atoms with van der Waals surface area (Å²) in [5.74, 6) is 0.682. The number of amides is 2. The highest BCUT2D eigenvalue weighted by Gasteiger charge is 2.45. The Labute approximate surface area is 280 Å². The molecule has 2 amide bonds. The normalized spacial score (nSPS) is 19.3. The van der Waals surface area contributed by atoms with Crippen LogP contribution in [-0.2, 0) is 19.7 Å². The smallest absolute Gasteiger partial charge is 0.326 e. The first-order chi connectivity index (χ1) is 21.7. The van der Waals surface area contributed by atoms with Crippen LogP contribution in [-0.4, -0.2) is 101 Å². The van der Waals surface area contributed by atoms with Crippen LogP contribution in [0.3, 0.4) is 0 Å². The average Bonchev–Trinajstić information content (AvgIpc) is 3.40. The Morgan fingerprint density at radius 1 is 0.870 bits per heavy atom. The molecule has 0 aliphatic carbocycles. The second-order valence-corrected chi connectivity index (χ2v) is 16.6. The zero-order valence-corrected chi connectivity index (χ0v) is 28.9. The van der Waals surface area contributed by atoms with Gasteiger partial charge in [-0.1, -0.05) is 47.5 Å². The van der Waals surface area contributed by atoms with Gasteiger partial charge in [0.25, 0.3) is 0 Å². The molecule has 0 spiro atoms. The third-order valence-corrected chi connectivity index (χ3v) is 10.6. The van der Waals surface area contributed by atoms with E-state index in [1.165, 1.54) is 18.4 Å². The summed E-state index contributed by atoms with van der Waals surface area (Å²) in [4.78, 5) is 25.3. The van der Waals surface area contributed by atoms with Gasteiger partial charge in [0.2, 0.25) is 0 Å². The van der Waals surface area contributed by atoms with Crippen LogP contribution in [0.15, 0.2) is 76.6 Å². The van der Waals surface area contributed by atoms with E-state index >= 15 is 0 Å². The van der Waals surface area contributed by atoms with Crippen molar-refractivity contribution in [2.24, 2.45) is 4.99 Å². The highest BCUT2D eigenvalue weighted by molar-refractivity contribution is 7.91. The molecule has 0 aromatic heterocycles. The van der Waals surface area contributed by atoms with Crippen molar-refractivity contribution < 1.29 is 26.4 Å². The van der Waals surface area contributed by atoms with Crippen molar-refractivity contribution in [2.75, 3.05) is 57.6 Å². The molecule has 2 unspecified atom stereocenters. The number of aliphatic imine (C=N–C) groups is 1. The SMILES string of the molecule is CCOc1cc(S(C)(=O)=O)ccc1C1=NC(c2ccc(Cl)cc2)C(c2ccc(Cl)cc2)N1C(=O)N1CCN(CCS(C)(=O)=O)CC1. The fourth-order valence-electron chi connectivity index (χ4n) is 5.66. The minimum Gasteiger partial charge on any atom is -0.493 e. The van der Waals surface area contributed by atoms with Crippen LogP contribution >= 0.6 is 23.2 Å². The first-order valence-electron chi connectivity index (χ1n) is 14.8. The van der Waals surface area contributed by atoms with Crippen molar-refractivity contribution in [1.82, 2.24) is 14.7 Å². The minimum absolute atomic E-state index is 0.0506. The van der Waals surface area contributed by atoms with Crippen LogP contribution in [0, 0.1) is 0 Å². The first-order valence-corrected chi connectivity index (χ1v) is 19.5. The van der Waals surface area contributed by atoms with Crippen LogP contribution in [0.1, 0.15) is 35.7 Å². The van der Waals surface area contributed by atoms with Crippen LogP contribution in [0.2, 0.25) is 10.0 Å². The highest BCUT2D eigenvalue weighted by Crippen LogP contribution is 2.45. The molecule has 2 heterocycles. The lowest BCUT2D eigenvalue weighted by Gasteiger charge is -2.39. The van der Waals surface area contributed by atoms with Gasteiger partial charge in [-0.05, 0) is 60.5 Å². The second-order valence-electron chi connectivity index (χ2n) is 11.4. The summed E-state index contributed by atoms with van der Waals surface area (Å²) in [6, 6.07) is 17.7. The van der Waals surface area contributed by atoms with E-state index in [2.05, 4.69) is 0 Å². The van der Waals surface area contributed by atoms with E-state index in [1.54, 1.807) is 47.1 Å². The van der Waals surface area contributed by atoms with Gasteiger partial charge in [-0.2, -0.15) is 0 Å².